The number of hydrogen-bond acceptors (Lipinski definition) is 4. The van der Waals surface area contributed by atoms with Crippen molar-refractivity contribution in [2.24, 2.45) is 0 Å². The molecule has 0 unspecified atom stereocenters. The minimum absolute atomic E-state index is 0.0614. The summed E-state index contributed by atoms with van der Waals surface area (Å²) in [6, 6.07) is 22.8. The van der Waals surface area contributed by atoms with Gasteiger partial charge in [0.05, 0.1) is 23.3 Å². The van der Waals surface area contributed by atoms with Crippen molar-refractivity contribution in [3.63, 3.8) is 0 Å². The summed E-state index contributed by atoms with van der Waals surface area (Å²) in [6.07, 6.45) is 0. The van der Waals surface area contributed by atoms with Crippen molar-refractivity contribution in [2.45, 2.75) is 19.5 Å². The number of thiazole rings is 1. The fraction of sp³-hybridized carbons (Fsp3) is 0.217. The van der Waals surface area contributed by atoms with Gasteiger partial charge in [0.15, 0.2) is 0 Å². The minimum atomic E-state index is 0.0614. The van der Waals surface area contributed by atoms with Crippen LogP contribution >= 0.6 is 11.3 Å². The molecule has 5 heteroatoms. The maximum Gasteiger partial charge on any atom is 0.236 e. The number of aromatic nitrogens is 1. The number of carbonyl (C=O) groups is 1. The molecule has 4 nitrogen and oxygen atoms in total. The molecule has 0 aliphatic carbocycles. The van der Waals surface area contributed by atoms with Crippen LogP contribution in [0.5, 0.6) is 0 Å². The van der Waals surface area contributed by atoms with Gasteiger partial charge >= 0.3 is 0 Å². The predicted octanol–water partition coefficient (Wildman–Crippen LogP) is 4.76. The number of rotatable bonds is 6. The zero-order valence-corrected chi connectivity index (χ0v) is 16.9. The molecule has 4 aromatic rings. The number of nitrogens with zero attached hydrogens (tertiary/aromatic N) is 2. The Morgan fingerprint density at radius 3 is 2.68 bits per heavy atom. The molecule has 142 valence electrons. The zero-order valence-electron chi connectivity index (χ0n) is 16.1. The Kier molecular flexibility index (Phi) is 5.37. The first-order chi connectivity index (χ1) is 13.6. The molecule has 0 saturated carbocycles. The number of benzene rings is 3. The number of hydrogen-bond donors (Lipinski definition) is 1. The van der Waals surface area contributed by atoms with Gasteiger partial charge in [-0.3, -0.25) is 4.79 Å². The predicted molar refractivity (Wildman–Crippen MR) is 116 cm³/mol. The van der Waals surface area contributed by atoms with Crippen molar-refractivity contribution < 1.29 is 4.79 Å². The van der Waals surface area contributed by atoms with E-state index < -0.39 is 0 Å². The zero-order chi connectivity index (χ0) is 19.5. The minimum Gasteiger partial charge on any atom is -0.338 e. The summed E-state index contributed by atoms with van der Waals surface area (Å²) in [5, 5.41) is 6.77. The molecular weight excluding hydrogens is 366 g/mol. The van der Waals surface area contributed by atoms with Crippen LogP contribution in [0.2, 0.25) is 0 Å². The van der Waals surface area contributed by atoms with Crippen LogP contribution in [0, 0.1) is 0 Å². The Balaban J connectivity index is 1.39. The quantitative estimate of drug-likeness (QED) is 0.517. The number of fused-ring (bicyclic) bond motifs is 2. The summed E-state index contributed by atoms with van der Waals surface area (Å²) < 4.78 is 1.15. The largest absolute Gasteiger partial charge is 0.338 e. The first kappa shape index (κ1) is 18.6. The van der Waals surface area contributed by atoms with E-state index in [0.29, 0.717) is 13.1 Å². The Labute approximate surface area is 168 Å². The van der Waals surface area contributed by atoms with E-state index in [9.17, 15) is 4.79 Å². The van der Waals surface area contributed by atoms with E-state index in [1.165, 1.54) is 16.3 Å². The normalized spacial score (nSPS) is 12.4. The summed E-state index contributed by atoms with van der Waals surface area (Å²) in [7, 11) is 1.83. The molecule has 4 rings (SSSR count). The molecule has 1 N–H and O–H groups in total. The molecule has 1 heterocycles. The van der Waals surface area contributed by atoms with Crippen molar-refractivity contribution in [1.82, 2.24) is 15.2 Å². The lowest BCUT2D eigenvalue weighted by Gasteiger charge is -2.20. The van der Waals surface area contributed by atoms with Crippen LogP contribution in [0.1, 0.15) is 23.5 Å². The van der Waals surface area contributed by atoms with E-state index >= 15 is 0 Å². The van der Waals surface area contributed by atoms with E-state index in [-0.39, 0.29) is 11.9 Å². The molecule has 0 bridgehead atoms. The molecule has 0 aliphatic rings. The highest BCUT2D eigenvalue weighted by Crippen LogP contribution is 2.24. The highest BCUT2D eigenvalue weighted by molar-refractivity contribution is 7.18. The molecule has 1 amide bonds. The van der Waals surface area contributed by atoms with Crippen LogP contribution in [0.15, 0.2) is 66.7 Å². The second kappa shape index (κ2) is 8.09. The lowest BCUT2D eigenvalue weighted by Crippen LogP contribution is -2.36. The van der Waals surface area contributed by atoms with Crippen molar-refractivity contribution in [1.29, 1.82) is 0 Å². The summed E-state index contributed by atoms with van der Waals surface area (Å²) in [4.78, 5) is 19.0. The number of para-hydroxylation sites is 1. The number of amides is 1. The van der Waals surface area contributed by atoms with Gasteiger partial charge < -0.3 is 10.2 Å². The van der Waals surface area contributed by atoms with Gasteiger partial charge in [0.1, 0.15) is 5.01 Å². The van der Waals surface area contributed by atoms with Gasteiger partial charge in [-0.05, 0) is 35.4 Å². The Hall–Kier alpha value is -2.76. The molecule has 1 atom stereocenters. The third-order valence-corrected chi connectivity index (χ3v) is 6.01. The van der Waals surface area contributed by atoms with Crippen LogP contribution < -0.4 is 5.32 Å². The molecule has 28 heavy (non-hydrogen) atoms. The highest BCUT2D eigenvalue weighted by atomic mass is 32.1. The summed E-state index contributed by atoms with van der Waals surface area (Å²) in [5.41, 5.74) is 2.20. The summed E-state index contributed by atoms with van der Waals surface area (Å²) in [5.74, 6) is 0.0614. The fourth-order valence-electron chi connectivity index (χ4n) is 3.39. The second-order valence-corrected chi connectivity index (χ2v) is 8.11. The van der Waals surface area contributed by atoms with Gasteiger partial charge in [-0.2, -0.15) is 0 Å². The summed E-state index contributed by atoms with van der Waals surface area (Å²) in [6.45, 7) is 2.93. The van der Waals surface area contributed by atoms with Gasteiger partial charge in [0.25, 0.3) is 0 Å². The maximum atomic E-state index is 12.6. The van der Waals surface area contributed by atoms with Crippen LogP contribution in [-0.4, -0.2) is 29.4 Å². The van der Waals surface area contributed by atoms with Crippen LogP contribution in [0.3, 0.4) is 0 Å². The molecule has 1 aromatic heterocycles. The van der Waals surface area contributed by atoms with Crippen LogP contribution in [0.4, 0.5) is 0 Å². The molecule has 3 aromatic carbocycles. The van der Waals surface area contributed by atoms with Gasteiger partial charge in [0, 0.05) is 13.1 Å². The smallest absolute Gasteiger partial charge is 0.236 e. The highest BCUT2D eigenvalue weighted by Gasteiger charge is 2.15. The first-order valence-corrected chi connectivity index (χ1v) is 10.2. The number of nitrogens with one attached hydrogen (secondary N) is 1. The van der Waals surface area contributed by atoms with Crippen molar-refractivity contribution in [3.8, 4) is 0 Å². The van der Waals surface area contributed by atoms with Crippen molar-refractivity contribution >= 4 is 38.2 Å². The third kappa shape index (κ3) is 3.91. The molecule has 0 aliphatic heterocycles. The van der Waals surface area contributed by atoms with Crippen LogP contribution in [-0.2, 0) is 11.3 Å². The number of likely N-dealkylation sites (N-methyl/N-ethyl adjacent to an activating group) is 1. The topological polar surface area (TPSA) is 45.2 Å². The summed E-state index contributed by atoms with van der Waals surface area (Å²) >= 11 is 1.64. The Morgan fingerprint density at radius 2 is 1.82 bits per heavy atom. The van der Waals surface area contributed by atoms with Crippen LogP contribution in [0.25, 0.3) is 21.0 Å². The fourth-order valence-corrected chi connectivity index (χ4v) is 4.41. The molecule has 0 radical (unpaired) electrons. The van der Waals surface area contributed by atoms with E-state index in [2.05, 4.69) is 59.7 Å². The van der Waals surface area contributed by atoms with E-state index in [4.69, 9.17) is 0 Å². The maximum absolute atomic E-state index is 12.6. The second-order valence-electron chi connectivity index (χ2n) is 7.00. The molecular formula is C23H23N3OS. The van der Waals surface area contributed by atoms with Crippen molar-refractivity contribution in [2.75, 3.05) is 13.6 Å². The first-order valence-electron chi connectivity index (χ1n) is 9.41. The van der Waals surface area contributed by atoms with E-state index in [0.717, 1.165) is 15.2 Å². The average Bonchev–Trinajstić information content (AvgIpc) is 3.13. The SMILES string of the molecule is C[C@H](NCC(=O)N(C)Cc1nc2ccccc2s1)c1cccc2ccccc12. The lowest BCUT2D eigenvalue weighted by molar-refractivity contribution is -0.129. The lowest BCUT2D eigenvalue weighted by atomic mass is 10.00. The van der Waals surface area contributed by atoms with Gasteiger partial charge in [0.2, 0.25) is 5.91 Å². The third-order valence-electron chi connectivity index (χ3n) is 4.99. The molecule has 0 fully saturated rings. The molecule has 0 spiro atoms. The van der Waals surface area contributed by atoms with Gasteiger partial charge in [-0.25, -0.2) is 4.98 Å². The van der Waals surface area contributed by atoms with Gasteiger partial charge in [-0.1, -0.05) is 54.6 Å². The Morgan fingerprint density at radius 1 is 1.07 bits per heavy atom. The van der Waals surface area contributed by atoms with E-state index in [1.807, 2.05) is 31.3 Å². The Bertz CT molecular complexity index is 1080. The number of carbonyl (C=O) groups excluding carboxylic acids is 1. The average molecular weight is 390 g/mol. The monoisotopic (exact) mass is 389 g/mol. The van der Waals surface area contributed by atoms with Gasteiger partial charge in [-0.15, -0.1) is 11.3 Å². The standard InChI is InChI=1S/C23H23N3OS/c1-16(18-11-7-9-17-8-3-4-10-19(17)18)24-14-23(27)26(2)15-22-25-20-12-5-6-13-21(20)28-22/h3-13,16,24H,14-15H2,1-2H3/t16-/m0/s1. The van der Waals surface area contributed by atoms with E-state index in [1.54, 1.807) is 16.2 Å². The van der Waals surface area contributed by atoms with Crippen molar-refractivity contribution in [3.05, 3.63) is 77.3 Å². The molecule has 0 saturated heterocycles.